The van der Waals surface area contributed by atoms with Crippen molar-refractivity contribution in [2.24, 2.45) is 0 Å². The van der Waals surface area contributed by atoms with Crippen molar-refractivity contribution in [3.63, 3.8) is 0 Å². The van der Waals surface area contributed by atoms with Crippen LogP contribution in [-0.2, 0) is 9.53 Å². The highest BCUT2D eigenvalue weighted by molar-refractivity contribution is 6.01. The van der Waals surface area contributed by atoms with E-state index in [-0.39, 0.29) is 36.9 Å². The number of aromatic nitrogens is 1. The molecule has 0 radical (unpaired) electrons. The maximum absolute atomic E-state index is 11.5. The Kier molecular flexibility index (Phi) is 3.10. The lowest BCUT2D eigenvalue weighted by Gasteiger charge is -2.12. The average molecular weight is 240 g/mol. The molecule has 0 saturated carbocycles. The van der Waals surface area contributed by atoms with Crippen LogP contribution in [0.4, 0.5) is 5.88 Å². The standard InChI is InChI=1S/C10H12N2O5/c1-2-16-10(15)7-4-11-17-9(7)12-5-6(13)3-8(12)14/h4,6,13H,2-3,5H2,1H3. The summed E-state index contributed by atoms with van der Waals surface area (Å²) in [6.07, 6.45) is 0.469. The monoisotopic (exact) mass is 240 g/mol. The van der Waals surface area contributed by atoms with Crippen LogP contribution in [0.15, 0.2) is 10.7 Å². The number of amides is 1. The molecule has 1 aliphatic heterocycles. The molecule has 0 bridgehead atoms. The van der Waals surface area contributed by atoms with E-state index in [0.29, 0.717) is 0 Å². The van der Waals surface area contributed by atoms with Crippen molar-refractivity contribution in [1.82, 2.24) is 5.16 Å². The summed E-state index contributed by atoms with van der Waals surface area (Å²) < 4.78 is 9.69. The molecule has 0 aliphatic carbocycles. The molecule has 17 heavy (non-hydrogen) atoms. The number of aliphatic hydroxyl groups excluding tert-OH is 1. The summed E-state index contributed by atoms with van der Waals surface area (Å²) in [5.74, 6) is -0.872. The molecular formula is C10H12N2O5. The Morgan fingerprint density at radius 2 is 2.53 bits per heavy atom. The van der Waals surface area contributed by atoms with Crippen LogP contribution in [0.3, 0.4) is 0 Å². The molecule has 2 rings (SSSR count). The molecule has 1 aromatic rings. The summed E-state index contributed by atoms with van der Waals surface area (Å²) in [6, 6.07) is 0. The number of hydrogen-bond donors (Lipinski definition) is 1. The van der Waals surface area contributed by atoms with E-state index in [2.05, 4.69) is 5.16 Å². The third kappa shape index (κ3) is 2.14. The van der Waals surface area contributed by atoms with E-state index in [9.17, 15) is 14.7 Å². The van der Waals surface area contributed by atoms with E-state index >= 15 is 0 Å². The van der Waals surface area contributed by atoms with Crippen LogP contribution < -0.4 is 4.90 Å². The first-order chi connectivity index (χ1) is 8.13. The van der Waals surface area contributed by atoms with Gasteiger partial charge < -0.3 is 14.4 Å². The van der Waals surface area contributed by atoms with Crippen molar-refractivity contribution in [1.29, 1.82) is 0 Å². The van der Waals surface area contributed by atoms with Crippen molar-refractivity contribution in [2.45, 2.75) is 19.4 Å². The van der Waals surface area contributed by atoms with Crippen molar-refractivity contribution < 1.29 is 24.0 Å². The van der Waals surface area contributed by atoms with Gasteiger partial charge in [-0.25, -0.2) is 4.79 Å². The predicted molar refractivity (Wildman–Crippen MR) is 55.4 cm³/mol. The van der Waals surface area contributed by atoms with Gasteiger partial charge in [-0.2, -0.15) is 0 Å². The first-order valence-corrected chi connectivity index (χ1v) is 5.23. The maximum atomic E-state index is 11.5. The summed E-state index contributed by atoms with van der Waals surface area (Å²) in [5.41, 5.74) is 0.0919. The van der Waals surface area contributed by atoms with Crippen LogP contribution >= 0.6 is 0 Å². The fourth-order valence-electron chi connectivity index (χ4n) is 1.66. The zero-order chi connectivity index (χ0) is 12.4. The Morgan fingerprint density at radius 3 is 3.12 bits per heavy atom. The van der Waals surface area contributed by atoms with Crippen molar-refractivity contribution in [2.75, 3.05) is 18.1 Å². The number of hydrogen-bond acceptors (Lipinski definition) is 6. The molecule has 7 nitrogen and oxygen atoms in total. The smallest absolute Gasteiger partial charge is 0.345 e. The molecule has 1 saturated heterocycles. The molecule has 7 heteroatoms. The zero-order valence-electron chi connectivity index (χ0n) is 9.25. The zero-order valence-corrected chi connectivity index (χ0v) is 9.25. The van der Waals surface area contributed by atoms with Gasteiger partial charge in [-0.1, -0.05) is 5.16 Å². The normalized spacial score (nSPS) is 19.8. The number of β-amino-alcohol motifs (C(OH)–C–C–N with tert-alkyl or cyclic N) is 1. The lowest BCUT2D eigenvalue weighted by Crippen LogP contribution is -2.26. The first kappa shape index (κ1) is 11.6. The van der Waals surface area contributed by atoms with E-state index in [0.717, 1.165) is 0 Å². The minimum absolute atomic E-state index is 0.0168. The maximum Gasteiger partial charge on any atom is 0.345 e. The highest BCUT2D eigenvalue weighted by Gasteiger charge is 2.34. The molecule has 1 unspecified atom stereocenters. The van der Waals surface area contributed by atoms with Crippen molar-refractivity contribution in [3.05, 3.63) is 11.8 Å². The predicted octanol–water partition coefficient (Wildman–Crippen LogP) is -0.0511. The van der Waals surface area contributed by atoms with Gasteiger partial charge in [0.15, 0.2) is 0 Å². The van der Waals surface area contributed by atoms with Gasteiger partial charge in [0, 0.05) is 0 Å². The minimum Gasteiger partial charge on any atom is -0.462 e. The highest BCUT2D eigenvalue weighted by Crippen LogP contribution is 2.25. The second-order valence-corrected chi connectivity index (χ2v) is 3.63. The SMILES string of the molecule is CCOC(=O)c1cnoc1N1CC(O)CC1=O. The first-order valence-electron chi connectivity index (χ1n) is 5.23. The minimum atomic E-state index is -0.748. The van der Waals surface area contributed by atoms with Crippen LogP contribution in [-0.4, -0.2) is 41.4 Å². The number of nitrogens with zero attached hydrogens (tertiary/aromatic N) is 2. The molecule has 1 amide bonds. The molecule has 0 spiro atoms. The van der Waals surface area contributed by atoms with Crippen LogP contribution in [0, 0.1) is 0 Å². The van der Waals surface area contributed by atoms with Gasteiger partial charge in [0.25, 0.3) is 0 Å². The van der Waals surface area contributed by atoms with Gasteiger partial charge in [-0.15, -0.1) is 0 Å². The molecule has 2 heterocycles. The number of ether oxygens (including phenoxy) is 1. The molecule has 1 atom stereocenters. The summed E-state index contributed by atoms with van der Waals surface area (Å²) in [7, 11) is 0. The lowest BCUT2D eigenvalue weighted by molar-refractivity contribution is -0.117. The van der Waals surface area contributed by atoms with E-state index in [1.54, 1.807) is 6.92 Å². The Bertz CT molecular complexity index is 442. The quantitative estimate of drug-likeness (QED) is 0.744. The van der Waals surface area contributed by atoms with Crippen LogP contribution in [0.5, 0.6) is 0 Å². The van der Waals surface area contributed by atoms with Crippen molar-refractivity contribution in [3.8, 4) is 0 Å². The fraction of sp³-hybridized carbons (Fsp3) is 0.500. The van der Waals surface area contributed by atoms with E-state index in [4.69, 9.17) is 9.26 Å². The van der Waals surface area contributed by atoms with Crippen molar-refractivity contribution >= 4 is 17.8 Å². The highest BCUT2D eigenvalue weighted by atomic mass is 16.5. The molecule has 0 aromatic carbocycles. The fourth-order valence-corrected chi connectivity index (χ4v) is 1.66. The topological polar surface area (TPSA) is 92.9 Å². The van der Waals surface area contributed by atoms with Gasteiger partial charge in [-0.3, -0.25) is 9.69 Å². The van der Waals surface area contributed by atoms with E-state index < -0.39 is 12.1 Å². The average Bonchev–Trinajstić information content (AvgIpc) is 2.84. The summed E-state index contributed by atoms with van der Waals surface area (Å²) in [4.78, 5) is 24.3. The number of esters is 1. The summed E-state index contributed by atoms with van der Waals surface area (Å²) in [5, 5.41) is 12.8. The van der Waals surface area contributed by atoms with Gasteiger partial charge in [-0.05, 0) is 6.92 Å². The molecule has 1 fully saturated rings. The number of carbonyl (C=O) groups excluding carboxylic acids is 2. The second kappa shape index (κ2) is 4.54. The molecular weight excluding hydrogens is 228 g/mol. The van der Waals surface area contributed by atoms with Crippen LogP contribution in [0.1, 0.15) is 23.7 Å². The van der Waals surface area contributed by atoms with Gasteiger partial charge in [0.2, 0.25) is 11.8 Å². The lowest BCUT2D eigenvalue weighted by atomic mass is 10.3. The third-order valence-electron chi connectivity index (χ3n) is 2.40. The van der Waals surface area contributed by atoms with E-state index in [1.165, 1.54) is 11.1 Å². The van der Waals surface area contributed by atoms with Crippen LogP contribution in [0.25, 0.3) is 0 Å². The van der Waals surface area contributed by atoms with Gasteiger partial charge in [0.05, 0.1) is 31.9 Å². The Morgan fingerprint density at radius 1 is 1.76 bits per heavy atom. The molecule has 1 aromatic heterocycles. The summed E-state index contributed by atoms with van der Waals surface area (Å²) in [6.45, 7) is 2.00. The Labute approximate surface area is 96.9 Å². The largest absolute Gasteiger partial charge is 0.462 e. The number of anilines is 1. The third-order valence-corrected chi connectivity index (χ3v) is 2.40. The van der Waals surface area contributed by atoms with E-state index in [1.807, 2.05) is 0 Å². The van der Waals surface area contributed by atoms with Gasteiger partial charge >= 0.3 is 5.97 Å². The van der Waals surface area contributed by atoms with Crippen LogP contribution in [0.2, 0.25) is 0 Å². The molecule has 92 valence electrons. The number of carbonyl (C=O) groups is 2. The Hall–Kier alpha value is -1.89. The molecule has 1 N–H and O–H groups in total. The Balaban J connectivity index is 2.25. The molecule has 1 aliphatic rings. The number of rotatable bonds is 3. The second-order valence-electron chi connectivity index (χ2n) is 3.63. The number of aliphatic hydroxyl groups is 1. The summed E-state index contributed by atoms with van der Waals surface area (Å²) >= 11 is 0. The van der Waals surface area contributed by atoms with Gasteiger partial charge in [0.1, 0.15) is 5.56 Å².